The first-order chi connectivity index (χ1) is 6.77. The van der Waals surface area contributed by atoms with E-state index >= 15 is 0 Å². The van der Waals surface area contributed by atoms with E-state index in [1.165, 1.54) is 5.56 Å². The maximum Gasteiger partial charge on any atom is 0.0471 e. The van der Waals surface area contributed by atoms with Gasteiger partial charge in [0.15, 0.2) is 0 Å². The molecule has 2 unspecified atom stereocenters. The molecule has 0 spiro atoms. The van der Waals surface area contributed by atoms with E-state index in [0.717, 1.165) is 6.42 Å². The first kappa shape index (κ1) is 11.2. The predicted molar refractivity (Wildman–Crippen MR) is 59.1 cm³/mol. The van der Waals surface area contributed by atoms with Crippen molar-refractivity contribution in [2.24, 2.45) is 11.7 Å². The minimum Gasteiger partial charge on any atom is -0.396 e. The van der Waals surface area contributed by atoms with Gasteiger partial charge >= 0.3 is 0 Å². The molecule has 0 heterocycles. The molecule has 0 aromatic heterocycles. The van der Waals surface area contributed by atoms with Gasteiger partial charge in [0.1, 0.15) is 0 Å². The number of hydrogen-bond donors (Lipinski definition) is 2. The summed E-state index contributed by atoms with van der Waals surface area (Å²) >= 11 is 0. The fourth-order valence-corrected chi connectivity index (χ4v) is 1.66. The summed E-state index contributed by atoms with van der Waals surface area (Å²) in [4.78, 5) is 0. The molecule has 0 saturated heterocycles. The highest BCUT2D eigenvalue weighted by molar-refractivity contribution is 5.18. The molecule has 78 valence electrons. The fourth-order valence-electron chi connectivity index (χ4n) is 1.66. The molecule has 0 aliphatic rings. The van der Waals surface area contributed by atoms with Gasteiger partial charge in [0, 0.05) is 6.61 Å². The Morgan fingerprint density at radius 2 is 1.93 bits per heavy atom. The Balaban J connectivity index is 2.54. The summed E-state index contributed by atoms with van der Waals surface area (Å²) in [6.45, 7) is 2.93. The van der Waals surface area contributed by atoms with Gasteiger partial charge in [0.25, 0.3) is 0 Å². The Labute approximate surface area is 85.8 Å². The molecule has 1 aromatic carbocycles. The first-order valence-corrected chi connectivity index (χ1v) is 5.13. The Hall–Kier alpha value is -0.860. The topological polar surface area (TPSA) is 46.2 Å². The smallest absolute Gasteiger partial charge is 0.0471 e. The number of nitrogens with two attached hydrogens (primary N) is 1. The summed E-state index contributed by atoms with van der Waals surface area (Å²) in [6.07, 6.45) is 0.955. The molecule has 14 heavy (non-hydrogen) atoms. The zero-order valence-electron chi connectivity index (χ0n) is 8.69. The van der Waals surface area contributed by atoms with E-state index < -0.39 is 0 Å². The summed E-state index contributed by atoms with van der Waals surface area (Å²) in [6, 6.07) is 10.3. The van der Waals surface area contributed by atoms with Gasteiger partial charge in [-0.05, 0) is 30.4 Å². The van der Waals surface area contributed by atoms with Gasteiger partial charge < -0.3 is 10.8 Å². The lowest BCUT2D eigenvalue weighted by molar-refractivity contribution is 0.217. The molecule has 0 fully saturated rings. The van der Waals surface area contributed by atoms with E-state index in [1.807, 2.05) is 18.2 Å². The Morgan fingerprint density at radius 3 is 2.43 bits per heavy atom. The molecular formula is C12H19NO. The monoisotopic (exact) mass is 193 g/mol. The molecule has 2 atom stereocenters. The number of aliphatic hydroxyl groups excluding tert-OH is 1. The second-order valence-corrected chi connectivity index (χ2v) is 3.83. The third-order valence-corrected chi connectivity index (χ3v) is 2.65. The Morgan fingerprint density at radius 1 is 1.29 bits per heavy atom. The molecule has 0 radical (unpaired) electrons. The van der Waals surface area contributed by atoms with Crippen LogP contribution < -0.4 is 5.73 Å². The lowest BCUT2D eigenvalue weighted by Gasteiger charge is -2.17. The van der Waals surface area contributed by atoms with Crippen molar-refractivity contribution in [1.29, 1.82) is 0 Å². The van der Waals surface area contributed by atoms with E-state index in [-0.39, 0.29) is 12.5 Å². The van der Waals surface area contributed by atoms with Crippen LogP contribution in [0.1, 0.15) is 24.8 Å². The van der Waals surface area contributed by atoms with Crippen molar-refractivity contribution in [3.8, 4) is 0 Å². The summed E-state index contributed by atoms with van der Waals surface area (Å²) < 4.78 is 0. The predicted octanol–water partition coefficient (Wildman–Crippen LogP) is 1.75. The minimum absolute atomic E-state index is 0.188. The van der Waals surface area contributed by atoms with Crippen LogP contribution >= 0.6 is 0 Å². The summed E-state index contributed by atoms with van der Waals surface area (Å²) in [5.41, 5.74) is 6.87. The fraction of sp³-hybridized carbons (Fsp3) is 0.500. The number of aliphatic hydroxyl groups is 1. The molecule has 1 rings (SSSR count). The second kappa shape index (κ2) is 5.78. The van der Waals surface area contributed by atoms with Crippen LogP contribution in [0, 0.1) is 5.92 Å². The van der Waals surface area contributed by atoms with E-state index in [0.29, 0.717) is 12.5 Å². The van der Waals surface area contributed by atoms with E-state index in [4.69, 9.17) is 10.8 Å². The minimum atomic E-state index is 0.188. The molecule has 0 amide bonds. The van der Waals surface area contributed by atoms with Crippen molar-refractivity contribution in [2.75, 3.05) is 13.2 Å². The molecule has 2 nitrogen and oxygen atoms in total. The summed E-state index contributed by atoms with van der Waals surface area (Å²) in [5, 5.41) is 9.04. The molecule has 0 saturated carbocycles. The van der Waals surface area contributed by atoms with Crippen molar-refractivity contribution in [2.45, 2.75) is 19.3 Å². The second-order valence-electron chi connectivity index (χ2n) is 3.83. The number of hydrogen-bond acceptors (Lipinski definition) is 2. The highest BCUT2D eigenvalue weighted by Crippen LogP contribution is 2.22. The molecule has 0 aliphatic carbocycles. The van der Waals surface area contributed by atoms with Crippen LogP contribution in [0.2, 0.25) is 0 Å². The van der Waals surface area contributed by atoms with Crippen LogP contribution in [-0.4, -0.2) is 18.3 Å². The highest BCUT2D eigenvalue weighted by Gasteiger charge is 2.11. The normalized spacial score (nSPS) is 15.1. The van der Waals surface area contributed by atoms with Crippen molar-refractivity contribution in [3.05, 3.63) is 35.9 Å². The highest BCUT2D eigenvalue weighted by atomic mass is 16.3. The standard InChI is InChI=1S/C12H19NO/c1-10(7-11(8-13)9-14)12-5-3-2-4-6-12/h2-6,10-11,14H,7-9,13H2,1H3. The van der Waals surface area contributed by atoms with Crippen LogP contribution in [0.3, 0.4) is 0 Å². The van der Waals surface area contributed by atoms with Crippen molar-refractivity contribution in [1.82, 2.24) is 0 Å². The molecule has 2 heteroatoms. The lowest BCUT2D eigenvalue weighted by atomic mass is 9.91. The van der Waals surface area contributed by atoms with Crippen LogP contribution in [0.15, 0.2) is 30.3 Å². The summed E-state index contributed by atoms with van der Waals surface area (Å²) in [5.74, 6) is 0.696. The van der Waals surface area contributed by atoms with Crippen molar-refractivity contribution < 1.29 is 5.11 Å². The zero-order valence-corrected chi connectivity index (χ0v) is 8.69. The van der Waals surface area contributed by atoms with E-state index in [1.54, 1.807) is 0 Å². The van der Waals surface area contributed by atoms with Gasteiger partial charge in [-0.15, -0.1) is 0 Å². The maximum atomic E-state index is 9.04. The molecule has 0 aliphatic heterocycles. The number of benzene rings is 1. The largest absolute Gasteiger partial charge is 0.396 e. The average Bonchev–Trinajstić information content (AvgIpc) is 2.26. The maximum absolute atomic E-state index is 9.04. The SMILES string of the molecule is CC(CC(CN)CO)c1ccccc1. The van der Waals surface area contributed by atoms with Gasteiger partial charge in [-0.1, -0.05) is 37.3 Å². The van der Waals surface area contributed by atoms with E-state index in [2.05, 4.69) is 19.1 Å². The Kier molecular flexibility index (Phi) is 4.63. The van der Waals surface area contributed by atoms with Crippen LogP contribution in [0.4, 0.5) is 0 Å². The van der Waals surface area contributed by atoms with E-state index in [9.17, 15) is 0 Å². The van der Waals surface area contributed by atoms with Crippen molar-refractivity contribution in [3.63, 3.8) is 0 Å². The van der Waals surface area contributed by atoms with Gasteiger partial charge in [-0.3, -0.25) is 0 Å². The molecule has 0 bridgehead atoms. The van der Waals surface area contributed by atoms with Crippen LogP contribution in [-0.2, 0) is 0 Å². The third-order valence-electron chi connectivity index (χ3n) is 2.65. The van der Waals surface area contributed by atoms with Crippen LogP contribution in [0.5, 0.6) is 0 Å². The molecule has 3 N–H and O–H groups in total. The zero-order chi connectivity index (χ0) is 10.4. The molecule has 1 aromatic rings. The average molecular weight is 193 g/mol. The van der Waals surface area contributed by atoms with Gasteiger partial charge in [-0.25, -0.2) is 0 Å². The van der Waals surface area contributed by atoms with Gasteiger partial charge in [-0.2, -0.15) is 0 Å². The van der Waals surface area contributed by atoms with Crippen molar-refractivity contribution >= 4 is 0 Å². The van der Waals surface area contributed by atoms with Gasteiger partial charge in [0.05, 0.1) is 0 Å². The first-order valence-electron chi connectivity index (χ1n) is 5.13. The lowest BCUT2D eigenvalue weighted by Crippen LogP contribution is -2.20. The Bertz CT molecular complexity index is 244. The molecular weight excluding hydrogens is 174 g/mol. The third kappa shape index (κ3) is 3.13. The number of rotatable bonds is 5. The quantitative estimate of drug-likeness (QED) is 0.748. The van der Waals surface area contributed by atoms with Crippen LogP contribution in [0.25, 0.3) is 0 Å². The summed E-state index contributed by atoms with van der Waals surface area (Å²) in [7, 11) is 0. The van der Waals surface area contributed by atoms with Gasteiger partial charge in [0.2, 0.25) is 0 Å².